The minimum atomic E-state index is -3.41. The molecule has 0 atom stereocenters. The molecule has 0 saturated carbocycles. The first-order chi connectivity index (χ1) is 8.41. The number of aromatic nitrogens is 3. The van der Waals surface area contributed by atoms with Crippen molar-refractivity contribution in [2.75, 3.05) is 12.3 Å². The van der Waals surface area contributed by atoms with Gasteiger partial charge in [-0.15, -0.1) is 10.2 Å². The van der Waals surface area contributed by atoms with Crippen LogP contribution >= 0.6 is 0 Å². The van der Waals surface area contributed by atoms with Gasteiger partial charge in [-0.1, -0.05) is 0 Å². The van der Waals surface area contributed by atoms with Gasteiger partial charge in [0, 0.05) is 26.4 Å². The van der Waals surface area contributed by atoms with Crippen LogP contribution in [-0.2, 0) is 28.3 Å². The maximum absolute atomic E-state index is 11.5. The molecule has 8 nitrogen and oxygen atoms in total. The molecule has 0 aliphatic carbocycles. The number of carboxylic acid groups (broad SMARTS) is 1. The predicted molar refractivity (Wildman–Crippen MR) is 63.4 cm³/mol. The average molecular weight is 276 g/mol. The molecule has 1 aromatic rings. The van der Waals surface area contributed by atoms with Crippen LogP contribution in [0.4, 0.5) is 0 Å². The maximum Gasteiger partial charge on any atom is 0.303 e. The largest absolute Gasteiger partial charge is 0.481 e. The zero-order valence-corrected chi connectivity index (χ0v) is 10.9. The summed E-state index contributed by atoms with van der Waals surface area (Å²) in [7, 11) is -1.64. The van der Waals surface area contributed by atoms with E-state index in [0.29, 0.717) is 12.2 Å². The van der Waals surface area contributed by atoms with Crippen LogP contribution in [0.5, 0.6) is 0 Å². The number of hydrogen-bond acceptors (Lipinski definition) is 5. The number of nitrogens with zero attached hydrogens (tertiary/aromatic N) is 3. The molecule has 18 heavy (non-hydrogen) atoms. The molecule has 1 aromatic heterocycles. The SMILES string of the molecule is Cn1cnnc1CCNS(=O)(=O)CCCC(=O)O. The summed E-state index contributed by atoms with van der Waals surface area (Å²) in [4.78, 5) is 10.3. The molecule has 0 aromatic carbocycles. The van der Waals surface area contributed by atoms with Gasteiger partial charge < -0.3 is 9.67 Å². The molecule has 0 aliphatic heterocycles. The number of rotatable bonds is 8. The molecule has 102 valence electrons. The second-order valence-corrected chi connectivity index (χ2v) is 5.74. The quantitative estimate of drug-likeness (QED) is 0.638. The monoisotopic (exact) mass is 276 g/mol. The predicted octanol–water partition coefficient (Wildman–Crippen LogP) is -0.858. The van der Waals surface area contributed by atoms with E-state index in [9.17, 15) is 13.2 Å². The number of hydrogen-bond donors (Lipinski definition) is 2. The Morgan fingerprint density at radius 1 is 1.56 bits per heavy atom. The lowest BCUT2D eigenvalue weighted by molar-refractivity contribution is -0.137. The first kappa shape index (κ1) is 14.6. The first-order valence-electron chi connectivity index (χ1n) is 5.43. The molecule has 0 spiro atoms. The van der Waals surface area contributed by atoms with E-state index in [1.807, 2.05) is 0 Å². The van der Waals surface area contributed by atoms with E-state index in [-0.39, 0.29) is 25.1 Å². The van der Waals surface area contributed by atoms with Gasteiger partial charge in [-0.2, -0.15) is 0 Å². The lowest BCUT2D eigenvalue weighted by Crippen LogP contribution is -2.29. The van der Waals surface area contributed by atoms with E-state index in [1.165, 1.54) is 6.33 Å². The smallest absolute Gasteiger partial charge is 0.303 e. The maximum atomic E-state index is 11.5. The minimum Gasteiger partial charge on any atom is -0.481 e. The average Bonchev–Trinajstić information content (AvgIpc) is 2.63. The van der Waals surface area contributed by atoms with Crippen LogP contribution in [-0.4, -0.2) is 46.6 Å². The third kappa shape index (κ3) is 5.23. The summed E-state index contributed by atoms with van der Waals surface area (Å²) in [5.41, 5.74) is 0. The molecule has 0 fully saturated rings. The summed E-state index contributed by atoms with van der Waals surface area (Å²) in [6, 6.07) is 0. The van der Waals surface area contributed by atoms with Crippen molar-refractivity contribution in [3.63, 3.8) is 0 Å². The van der Waals surface area contributed by atoms with Crippen LogP contribution in [0.2, 0.25) is 0 Å². The highest BCUT2D eigenvalue weighted by Gasteiger charge is 2.11. The third-order valence-corrected chi connectivity index (χ3v) is 3.75. The van der Waals surface area contributed by atoms with Crippen LogP contribution in [0.25, 0.3) is 0 Å². The Hall–Kier alpha value is -1.48. The van der Waals surface area contributed by atoms with Crippen molar-refractivity contribution in [3.8, 4) is 0 Å². The number of carboxylic acids is 1. The summed E-state index contributed by atoms with van der Waals surface area (Å²) in [6.07, 6.45) is 1.93. The fourth-order valence-electron chi connectivity index (χ4n) is 1.34. The molecular weight excluding hydrogens is 260 g/mol. The fraction of sp³-hybridized carbons (Fsp3) is 0.667. The Morgan fingerprint density at radius 2 is 2.28 bits per heavy atom. The van der Waals surface area contributed by atoms with E-state index in [1.54, 1.807) is 11.6 Å². The van der Waals surface area contributed by atoms with Crippen molar-refractivity contribution in [1.29, 1.82) is 0 Å². The molecule has 9 heteroatoms. The van der Waals surface area contributed by atoms with E-state index < -0.39 is 16.0 Å². The molecule has 0 saturated heterocycles. The summed E-state index contributed by atoms with van der Waals surface area (Å²) in [5.74, 6) is -0.495. The zero-order chi connectivity index (χ0) is 13.6. The number of aryl methyl sites for hydroxylation is 1. The van der Waals surface area contributed by atoms with Crippen LogP contribution in [0.3, 0.4) is 0 Å². The Labute approximate surface area is 105 Å². The van der Waals surface area contributed by atoms with Crippen LogP contribution in [0, 0.1) is 0 Å². The van der Waals surface area contributed by atoms with Gasteiger partial charge in [0.2, 0.25) is 10.0 Å². The third-order valence-electron chi connectivity index (χ3n) is 2.28. The van der Waals surface area contributed by atoms with Crippen molar-refractivity contribution in [3.05, 3.63) is 12.2 Å². The van der Waals surface area contributed by atoms with Crippen LogP contribution < -0.4 is 4.72 Å². The molecule has 0 amide bonds. The van der Waals surface area contributed by atoms with Gasteiger partial charge in [0.15, 0.2) is 0 Å². The normalized spacial score (nSPS) is 11.6. The summed E-state index contributed by atoms with van der Waals surface area (Å²) < 4.78 is 27.1. The van der Waals surface area contributed by atoms with Gasteiger partial charge >= 0.3 is 5.97 Å². The Morgan fingerprint density at radius 3 is 2.83 bits per heavy atom. The summed E-state index contributed by atoms with van der Waals surface area (Å²) in [6.45, 7) is 0.224. The molecule has 1 heterocycles. The topological polar surface area (TPSA) is 114 Å². The number of sulfonamides is 1. The van der Waals surface area contributed by atoms with Crippen molar-refractivity contribution >= 4 is 16.0 Å². The van der Waals surface area contributed by atoms with Gasteiger partial charge in [0.25, 0.3) is 0 Å². The standard InChI is InChI=1S/C9H16N4O4S/c1-13-7-10-12-8(13)4-5-11-18(16,17)6-2-3-9(14)15/h7,11H,2-6H2,1H3,(H,14,15). The lowest BCUT2D eigenvalue weighted by atomic mass is 10.3. The lowest BCUT2D eigenvalue weighted by Gasteiger charge is -2.05. The number of aliphatic carboxylic acids is 1. The van der Waals surface area contributed by atoms with Gasteiger partial charge in [0.1, 0.15) is 12.2 Å². The highest BCUT2D eigenvalue weighted by molar-refractivity contribution is 7.89. The Bertz CT molecular complexity index is 496. The Balaban J connectivity index is 2.29. The highest BCUT2D eigenvalue weighted by atomic mass is 32.2. The van der Waals surface area contributed by atoms with Crippen molar-refractivity contribution in [1.82, 2.24) is 19.5 Å². The summed E-state index contributed by atoms with van der Waals surface area (Å²) >= 11 is 0. The Kier molecular flexibility index (Phi) is 5.23. The molecule has 1 rings (SSSR count). The summed E-state index contributed by atoms with van der Waals surface area (Å²) in [5, 5.41) is 15.9. The number of carbonyl (C=O) groups is 1. The second kappa shape index (κ2) is 6.45. The minimum absolute atomic E-state index is 0.106. The molecule has 0 unspecified atom stereocenters. The molecular formula is C9H16N4O4S. The zero-order valence-electron chi connectivity index (χ0n) is 10.0. The number of nitrogens with one attached hydrogen (secondary N) is 1. The van der Waals surface area contributed by atoms with Crippen LogP contribution in [0.15, 0.2) is 6.33 Å². The molecule has 0 radical (unpaired) electrons. The van der Waals surface area contributed by atoms with Crippen molar-refractivity contribution < 1.29 is 18.3 Å². The van der Waals surface area contributed by atoms with E-state index in [0.717, 1.165) is 0 Å². The van der Waals surface area contributed by atoms with Crippen molar-refractivity contribution in [2.45, 2.75) is 19.3 Å². The second-order valence-electron chi connectivity index (χ2n) is 3.82. The molecule has 0 bridgehead atoms. The molecule has 0 aliphatic rings. The van der Waals surface area contributed by atoms with E-state index in [2.05, 4.69) is 14.9 Å². The fourth-order valence-corrected chi connectivity index (χ4v) is 2.42. The van der Waals surface area contributed by atoms with Crippen molar-refractivity contribution in [2.24, 2.45) is 7.05 Å². The van der Waals surface area contributed by atoms with Crippen LogP contribution in [0.1, 0.15) is 18.7 Å². The highest BCUT2D eigenvalue weighted by Crippen LogP contribution is 1.96. The van der Waals surface area contributed by atoms with Gasteiger partial charge in [-0.05, 0) is 6.42 Å². The molecule has 2 N–H and O–H groups in total. The first-order valence-corrected chi connectivity index (χ1v) is 7.08. The van der Waals surface area contributed by atoms with E-state index >= 15 is 0 Å². The van der Waals surface area contributed by atoms with E-state index in [4.69, 9.17) is 5.11 Å². The van der Waals surface area contributed by atoms with Gasteiger partial charge in [-0.25, -0.2) is 13.1 Å². The van der Waals surface area contributed by atoms with Gasteiger partial charge in [0.05, 0.1) is 5.75 Å². The van der Waals surface area contributed by atoms with Gasteiger partial charge in [-0.3, -0.25) is 4.79 Å².